The fraction of sp³-hybridized carbons (Fsp3) is 0.500. The van der Waals surface area contributed by atoms with Crippen molar-refractivity contribution in [3.8, 4) is 6.07 Å². The molecule has 0 spiro atoms. The highest BCUT2D eigenvalue weighted by Gasteiger charge is 2.38. The van der Waals surface area contributed by atoms with Gasteiger partial charge in [0.1, 0.15) is 20.7 Å². The van der Waals surface area contributed by atoms with E-state index in [4.69, 9.17) is 5.26 Å². The van der Waals surface area contributed by atoms with Crippen molar-refractivity contribution < 1.29 is 17.9 Å². The van der Waals surface area contributed by atoms with E-state index in [1.807, 2.05) is 13.0 Å². The fourth-order valence-electron chi connectivity index (χ4n) is 1.79. The third-order valence-electron chi connectivity index (χ3n) is 2.70. The van der Waals surface area contributed by atoms with E-state index in [0.29, 0.717) is 17.7 Å². The molecule has 110 valence electrons. The monoisotopic (exact) mass is 316 g/mol. The van der Waals surface area contributed by atoms with Crippen molar-refractivity contribution in [3.05, 3.63) is 17.0 Å². The minimum Gasteiger partial charge on any atom is -0.468 e. The van der Waals surface area contributed by atoms with Crippen molar-refractivity contribution >= 4 is 27.3 Å². The molecule has 0 saturated carbocycles. The van der Waals surface area contributed by atoms with Crippen molar-refractivity contribution in [1.82, 2.24) is 4.72 Å². The third-order valence-corrected chi connectivity index (χ3v) is 5.78. The molecule has 0 fully saturated rings. The van der Waals surface area contributed by atoms with Gasteiger partial charge in [-0.1, -0.05) is 13.3 Å². The van der Waals surface area contributed by atoms with Crippen LogP contribution < -0.4 is 4.72 Å². The first-order valence-corrected chi connectivity index (χ1v) is 8.21. The number of rotatable bonds is 6. The van der Waals surface area contributed by atoms with Crippen LogP contribution in [-0.4, -0.2) is 27.0 Å². The van der Waals surface area contributed by atoms with Gasteiger partial charge in [-0.25, -0.2) is 8.42 Å². The number of ether oxygens (including phenoxy) is 1. The second-order valence-corrected chi connectivity index (χ2v) is 7.40. The summed E-state index contributed by atoms with van der Waals surface area (Å²) in [6.45, 7) is 3.33. The van der Waals surface area contributed by atoms with Crippen molar-refractivity contribution in [3.63, 3.8) is 0 Å². The quantitative estimate of drug-likeness (QED) is 0.805. The topological polar surface area (TPSA) is 96.3 Å². The summed E-state index contributed by atoms with van der Waals surface area (Å²) in [6, 6.07) is 4.64. The van der Waals surface area contributed by atoms with Crippen LogP contribution in [0.25, 0.3) is 0 Å². The number of thiophene rings is 1. The molecule has 8 heteroatoms. The lowest BCUT2D eigenvalue weighted by atomic mass is 9.98. The largest absolute Gasteiger partial charge is 0.468 e. The molecule has 0 aliphatic heterocycles. The van der Waals surface area contributed by atoms with Crippen LogP contribution in [0.15, 0.2) is 16.3 Å². The standard InChI is InChI=1S/C12H16N2O4S2/c1-4-7-12(2,11(15)18-3)14-20(16,17)10-6-5-9(8-13)19-10/h5-6,14H,4,7H2,1-3H3. The van der Waals surface area contributed by atoms with Crippen LogP contribution in [0.2, 0.25) is 0 Å². The zero-order chi connectivity index (χ0) is 15.4. The van der Waals surface area contributed by atoms with Gasteiger partial charge >= 0.3 is 5.97 Å². The van der Waals surface area contributed by atoms with Gasteiger partial charge in [-0.15, -0.1) is 11.3 Å². The lowest BCUT2D eigenvalue weighted by Crippen LogP contribution is -2.52. The van der Waals surface area contributed by atoms with E-state index in [1.165, 1.54) is 26.2 Å². The molecule has 0 saturated heterocycles. The summed E-state index contributed by atoms with van der Waals surface area (Å²) >= 11 is 0.854. The summed E-state index contributed by atoms with van der Waals surface area (Å²) in [5.41, 5.74) is -1.32. The van der Waals surface area contributed by atoms with Crippen molar-refractivity contribution in [2.75, 3.05) is 7.11 Å². The Morgan fingerprint density at radius 3 is 2.65 bits per heavy atom. The second kappa shape index (κ2) is 6.35. The lowest BCUT2D eigenvalue weighted by Gasteiger charge is -2.26. The number of carbonyl (C=O) groups excluding carboxylic acids is 1. The van der Waals surface area contributed by atoms with Gasteiger partial charge in [0.15, 0.2) is 0 Å². The predicted molar refractivity (Wildman–Crippen MR) is 74.7 cm³/mol. The number of esters is 1. The summed E-state index contributed by atoms with van der Waals surface area (Å²) in [5, 5.41) is 8.73. The number of nitrogens with one attached hydrogen (secondary N) is 1. The SMILES string of the molecule is CCCC(C)(NS(=O)(=O)c1ccc(C#N)s1)C(=O)OC. The van der Waals surface area contributed by atoms with Crippen molar-refractivity contribution in [2.24, 2.45) is 0 Å². The molecule has 1 heterocycles. The smallest absolute Gasteiger partial charge is 0.326 e. The third kappa shape index (κ3) is 3.56. The van der Waals surface area contributed by atoms with Crippen LogP contribution >= 0.6 is 11.3 Å². The Morgan fingerprint density at radius 1 is 1.55 bits per heavy atom. The highest BCUT2D eigenvalue weighted by Crippen LogP contribution is 2.24. The lowest BCUT2D eigenvalue weighted by molar-refractivity contribution is -0.147. The number of nitriles is 1. The van der Waals surface area contributed by atoms with Crippen molar-refractivity contribution in [2.45, 2.75) is 36.4 Å². The maximum atomic E-state index is 12.3. The summed E-state index contributed by atoms with van der Waals surface area (Å²) in [5.74, 6) is -0.639. The van der Waals surface area contributed by atoms with Gasteiger partial charge in [-0.2, -0.15) is 9.98 Å². The van der Waals surface area contributed by atoms with Crippen LogP contribution in [0.1, 0.15) is 31.6 Å². The molecule has 1 aromatic heterocycles. The van der Waals surface area contributed by atoms with Crippen LogP contribution in [0.4, 0.5) is 0 Å². The Kier molecular flexibility index (Phi) is 5.28. The van der Waals surface area contributed by atoms with Gasteiger partial charge in [0.2, 0.25) is 0 Å². The first kappa shape index (κ1) is 16.6. The molecule has 1 atom stereocenters. The minimum atomic E-state index is -3.87. The highest BCUT2D eigenvalue weighted by atomic mass is 32.2. The number of hydrogen-bond donors (Lipinski definition) is 1. The summed E-state index contributed by atoms with van der Waals surface area (Å²) in [7, 11) is -2.66. The number of methoxy groups -OCH3 is 1. The van der Waals surface area contributed by atoms with Gasteiger partial charge in [-0.05, 0) is 25.5 Å². The minimum absolute atomic E-state index is 0.000260. The van der Waals surface area contributed by atoms with E-state index in [9.17, 15) is 13.2 Å². The Labute approximate surface area is 122 Å². The average molecular weight is 316 g/mol. The Bertz CT molecular complexity index is 630. The van der Waals surface area contributed by atoms with E-state index in [2.05, 4.69) is 9.46 Å². The van der Waals surface area contributed by atoms with E-state index in [1.54, 1.807) is 0 Å². The Morgan fingerprint density at radius 2 is 2.20 bits per heavy atom. The van der Waals surface area contributed by atoms with E-state index in [0.717, 1.165) is 11.3 Å². The molecule has 0 radical (unpaired) electrons. The first-order chi connectivity index (χ1) is 9.29. The number of carbonyl (C=O) groups is 1. The van der Waals surface area contributed by atoms with E-state index in [-0.39, 0.29) is 4.21 Å². The van der Waals surface area contributed by atoms with Gasteiger partial charge in [0.25, 0.3) is 10.0 Å². The number of sulfonamides is 1. The fourth-order valence-corrected chi connectivity index (χ4v) is 4.29. The predicted octanol–water partition coefficient (Wildman–Crippen LogP) is 1.63. The molecular weight excluding hydrogens is 300 g/mol. The molecule has 0 aliphatic carbocycles. The Hall–Kier alpha value is -1.43. The van der Waals surface area contributed by atoms with Gasteiger partial charge in [0.05, 0.1) is 7.11 Å². The van der Waals surface area contributed by atoms with Crippen molar-refractivity contribution in [1.29, 1.82) is 5.26 Å². The summed E-state index contributed by atoms with van der Waals surface area (Å²) < 4.78 is 31.5. The highest BCUT2D eigenvalue weighted by molar-refractivity contribution is 7.91. The zero-order valence-electron chi connectivity index (χ0n) is 11.5. The summed E-state index contributed by atoms with van der Waals surface area (Å²) in [6.07, 6.45) is 0.928. The van der Waals surface area contributed by atoms with Gasteiger partial charge in [0, 0.05) is 0 Å². The van der Waals surface area contributed by atoms with Gasteiger partial charge < -0.3 is 4.74 Å². The van der Waals surface area contributed by atoms with Crippen LogP contribution in [0, 0.1) is 11.3 Å². The molecule has 1 unspecified atom stereocenters. The maximum absolute atomic E-state index is 12.3. The molecular formula is C12H16N2O4S2. The molecule has 0 aliphatic rings. The number of hydrogen-bond acceptors (Lipinski definition) is 6. The zero-order valence-corrected chi connectivity index (χ0v) is 13.1. The summed E-state index contributed by atoms with van der Waals surface area (Å²) in [4.78, 5) is 12.1. The normalized spacial score (nSPS) is 14.3. The second-order valence-electron chi connectivity index (χ2n) is 4.41. The molecule has 0 amide bonds. The van der Waals surface area contributed by atoms with Crippen LogP contribution in [-0.2, 0) is 19.6 Å². The van der Waals surface area contributed by atoms with Crippen LogP contribution in [0.5, 0.6) is 0 Å². The van der Waals surface area contributed by atoms with Crippen LogP contribution in [0.3, 0.4) is 0 Å². The average Bonchev–Trinajstić information content (AvgIpc) is 2.87. The number of nitrogens with zero attached hydrogens (tertiary/aromatic N) is 1. The molecule has 0 aromatic carbocycles. The molecule has 1 aromatic rings. The first-order valence-electron chi connectivity index (χ1n) is 5.91. The molecule has 20 heavy (non-hydrogen) atoms. The van der Waals surface area contributed by atoms with E-state index >= 15 is 0 Å². The molecule has 6 nitrogen and oxygen atoms in total. The molecule has 1 N–H and O–H groups in total. The molecule has 0 bridgehead atoms. The Balaban J connectivity index is 3.09. The molecule has 1 rings (SSSR count). The van der Waals surface area contributed by atoms with Gasteiger partial charge in [-0.3, -0.25) is 4.79 Å². The maximum Gasteiger partial charge on any atom is 0.326 e. The van der Waals surface area contributed by atoms with E-state index < -0.39 is 21.5 Å².